The van der Waals surface area contributed by atoms with E-state index in [2.05, 4.69) is 59.5 Å². The summed E-state index contributed by atoms with van der Waals surface area (Å²) in [5.74, 6) is 0. The highest BCUT2D eigenvalue weighted by Crippen LogP contribution is 2.31. The zero-order chi connectivity index (χ0) is 13.7. The molecule has 1 aliphatic carbocycles. The minimum atomic E-state index is 0.371. The van der Waals surface area contributed by atoms with Crippen LogP contribution in [0.2, 0.25) is 0 Å². The van der Waals surface area contributed by atoms with Crippen LogP contribution in [-0.2, 0) is 0 Å². The fraction of sp³-hybridized carbons (Fsp3) is 0.529. The zero-order valence-electron chi connectivity index (χ0n) is 12.0. The first-order valence-electron chi connectivity index (χ1n) is 7.34. The average Bonchev–Trinajstić information content (AvgIpc) is 2.36. The normalized spacial score (nSPS) is 21.1. The van der Waals surface area contributed by atoms with Gasteiger partial charge in [-0.05, 0) is 62.9 Å². The molecule has 2 rings (SSSR count). The van der Waals surface area contributed by atoms with Crippen LogP contribution in [0.5, 0.6) is 0 Å². The van der Waals surface area contributed by atoms with Crippen molar-refractivity contribution in [2.24, 2.45) is 0 Å². The molecule has 0 saturated carbocycles. The third-order valence-electron chi connectivity index (χ3n) is 4.04. The fourth-order valence-corrected chi connectivity index (χ4v) is 3.32. The van der Waals surface area contributed by atoms with Gasteiger partial charge in [-0.3, -0.25) is 0 Å². The molecular weight excluding hydrogens is 298 g/mol. The second-order valence-corrected chi connectivity index (χ2v) is 6.37. The lowest BCUT2D eigenvalue weighted by Gasteiger charge is -2.24. The SMILES string of the molecule is CNC(/C1=C/CCCCCC1)c1cc(Br)ccc1C. The highest BCUT2D eigenvalue weighted by Gasteiger charge is 2.17. The van der Waals surface area contributed by atoms with E-state index in [0.29, 0.717) is 6.04 Å². The summed E-state index contributed by atoms with van der Waals surface area (Å²) in [5, 5.41) is 3.52. The fourth-order valence-electron chi connectivity index (χ4n) is 2.94. The van der Waals surface area contributed by atoms with Crippen LogP contribution < -0.4 is 5.32 Å². The zero-order valence-corrected chi connectivity index (χ0v) is 13.6. The molecule has 0 radical (unpaired) electrons. The summed E-state index contributed by atoms with van der Waals surface area (Å²) in [6.07, 6.45) is 10.4. The van der Waals surface area contributed by atoms with Crippen LogP contribution in [0.4, 0.5) is 0 Å². The molecule has 0 amide bonds. The Morgan fingerprint density at radius 2 is 1.95 bits per heavy atom. The standard InChI is InChI=1S/C17H24BrN/c1-13-10-11-15(18)12-16(13)17(19-2)14-8-6-4-3-5-7-9-14/h8,10-12,17,19H,3-7,9H2,1-2H3/b14-8+. The van der Waals surface area contributed by atoms with E-state index < -0.39 is 0 Å². The predicted molar refractivity (Wildman–Crippen MR) is 86.5 cm³/mol. The molecule has 0 fully saturated rings. The lowest BCUT2D eigenvalue weighted by molar-refractivity contribution is 0.572. The van der Waals surface area contributed by atoms with Crippen molar-refractivity contribution in [1.82, 2.24) is 5.32 Å². The van der Waals surface area contributed by atoms with E-state index in [1.165, 1.54) is 54.1 Å². The van der Waals surface area contributed by atoms with Crippen molar-refractivity contribution in [2.45, 2.75) is 51.5 Å². The van der Waals surface area contributed by atoms with Gasteiger partial charge in [0.15, 0.2) is 0 Å². The van der Waals surface area contributed by atoms with Crippen molar-refractivity contribution in [2.75, 3.05) is 7.05 Å². The third-order valence-corrected chi connectivity index (χ3v) is 4.53. The van der Waals surface area contributed by atoms with Gasteiger partial charge in [-0.2, -0.15) is 0 Å². The van der Waals surface area contributed by atoms with E-state index in [1.807, 2.05) is 0 Å². The molecule has 1 nitrogen and oxygen atoms in total. The molecule has 0 bridgehead atoms. The quantitative estimate of drug-likeness (QED) is 0.745. The summed E-state index contributed by atoms with van der Waals surface area (Å²) in [7, 11) is 2.07. The second-order valence-electron chi connectivity index (χ2n) is 5.45. The highest BCUT2D eigenvalue weighted by molar-refractivity contribution is 9.10. The first-order chi connectivity index (χ1) is 9.22. The Kier molecular flexibility index (Phi) is 5.65. The van der Waals surface area contributed by atoms with E-state index >= 15 is 0 Å². The van der Waals surface area contributed by atoms with Gasteiger partial charge >= 0.3 is 0 Å². The molecule has 0 aliphatic heterocycles. The van der Waals surface area contributed by atoms with Crippen LogP contribution in [0.15, 0.2) is 34.3 Å². The minimum Gasteiger partial charge on any atom is -0.310 e. The molecule has 1 aromatic rings. The number of rotatable bonds is 3. The van der Waals surface area contributed by atoms with Gasteiger partial charge < -0.3 is 5.32 Å². The van der Waals surface area contributed by atoms with Crippen molar-refractivity contribution in [3.63, 3.8) is 0 Å². The maximum atomic E-state index is 3.60. The number of benzene rings is 1. The van der Waals surface area contributed by atoms with Gasteiger partial charge in [0.1, 0.15) is 0 Å². The second kappa shape index (κ2) is 7.25. The number of likely N-dealkylation sites (N-methyl/N-ethyl adjacent to an activating group) is 1. The summed E-state index contributed by atoms with van der Waals surface area (Å²) >= 11 is 3.60. The molecule has 1 aromatic carbocycles. The Hall–Kier alpha value is -0.600. The van der Waals surface area contributed by atoms with Crippen molar-refractivity contribution in [1.29, 1.82) is 0 Å². The summed E-state index contributed by atoms with van der Waals surface area (Å²) in [5.41, 5.74) is 4.35. The molecule has 1 atom stereocenters. The Morgan fingerprint density at radius 1 is 1.16 bits per heavy atom. The number of hydrogen-bond acceptors (Lipinski definition) is 1. The first kappa shape index (κ1) is 14.8. The molecule has 0 aromatic heterocycles. The molecule has 2 heteroatoms. The maximum Gasteiger partial charge on any atom is 0.0536 e. The predicted octanol–water partition coefficient (Wildman–Crippen LogP) is 5.30. The molecule has 1 aliphatic rings. The van der Waals surface area contributed by atoms with Crippen molar-refractivity contribution in [3.8, 4) is 0 Å². The average molecular weight is 322 g/mol. The maximum absolute atomic E-state index is 3.60. The van der Waals surface area contributed by atoms with Crippen LogP contribution in [0, 0.1) is 6.92 Å². The topological polar surface area (TPSA) is 12.0 Å². The Balaban J connectivity index is 2.29. The van der Waals surface area contributed by atoms with Gasteiger partial charge in [0, 0.05) is 4.47 Å². The first-order valence-corrected chi connectivity index (χ1v) is 8.14. The number of nitrogens with one attached hydrogen (secondary N) is 1. The van der Waals surface area contributed by atoms with Crippen LogP contribution in [0.25, 0.3) is 0 Å². The van der Waals surface area contributed by atoms with Crippen molar-refractivity contribution < 1.29 is 0 Å². The van der Waals surface area contributed by atoms with Crippen LogP contribution in [0.1, 0.15) is 55.7 Å². The van der Waals surface area contributed by atoms with Gasteiger partial charge in [0.25, 0.3) is 0 Å². The summed E-state index contributed by atoms with van der Waals surface area (Å²) in [6.45, 7) is 2.20. The van der Waals surface area contributed by atoms with E-state index in [0.717, 1.165) is 0 Å². The van der Waals surface area contributed by atoms with Crippen LogP contribution >= 0.6 is 15.9 Å². The summed E-state index contributed by atoms with van der Waals surface area (Å²) in [4.78, 5) is 0. The molecule has 104 valence electrons. The van der Waals surface area contributed by atoms with E-state index in [4.69, 9.17) is 0 Å². The molecule has 0 spiro atoms. The number of allylic oxidation sites excluding steroid dienone is 1. The minimum absolute atomic E-state index is 0.371. The molecule has 0 saturated heterocycles. The molecule has 19 heavy (non-hydrogen) atoms. The number of halogens is 1. The van der Waals surface area contributed by atoms with Gasteiger partial charge in [-0.25, -0.2) is 0 Å². The number of hydrogen-bond donors (Lipinski definition) is 1. The van der Waals surface area contributed by atoms with E-state index in [-0.39, 0.29) is 0 Å². The summed E-state index contributed by atoms with van der Waals surface area (Å²) in [6, 6.07) is 6.96. The number of aryl methyl sites for hydroxylation is 1. The van der Waals surface area contributed by atoms with Gasteiger partial charge in [0.2, 0.25) is 0 Å². The van der Waals surface area contributed by atoms with E-state index in [1.54, 1.807) is 5.57 Å². The van der Waals surface area contributed by atoms with Crippen LogP contribution in [0.3, 0.4) is 0 Å². The smallest absolute Gasteiger partial charge is 0.0536 e. The lowest BCUT2D eigenvalue weighted by atomic mass is 9.89. The monoisotopic (exact) mass is 321 g/mol. The van der Waals surface area contributed by atoms with Crippen LogP contribution in [-0.4, -0.2) is 7.05 Å². The lowest BCUT2D eigenvalue weighted by Crippen LogP contribution is -2.20. The third kappa shape index (κ3) is 3.93. The molecular formula is C17H24BrN. The highest BCUT2D eigenvalue weighted by atomic mass is 79.9. The van der Waals surface area contributed by atoms with Gasteiger partial charge in [0.05, 0.1) is 6.04 Å². The summed E-state index contributed by atoms with van der Waals surface area (Å²) < 4.78 is 1.17. The van der Waals surface area contributed by atoms with Crippen molar-refractivity contribution >= 4 is 15.9 Å². The van der Waals surface area contributed by atoms with Gasteiger partial charge in [-0.1, -0.05) is 46.5 Å². The van der Waals surface area contributed by atoms with E-state index in [9.17, 15) is 0 Å². The Bertz CT molecular complexity index is 451. The molecule has 1 unspecified atom stereocenters. The molecule has 1 N–H and O–H groups in total. The largest absolute Gasteiger partial charge is 0.310 e. The van der Waals surface area contributed by atoms with Crippen molar-refractivity contribution in [3.05, 3.63) is 45.4 Å². The Labute approximate surface area is 125 Å². The van der Waals surface area contributed by atoms with Gasteiger partial charge in [-0.15, -0.1) is 0 Å². The molecule has 0 heterocycles. The Morgan fingerprint density at radius 3 is 2.74 bits per heavy atom.